The Morgan fingerprint density at radius 1 is 1.25 bits per heavy atom. The molecule has 1 nitrogen and oxygen atoms in total. The molecule has 0 radical (unpaired) electrons. The molecule has 0 N–H and O–H groups in total. The highest BCUT2D eigenvalue weighted by atomic mass is 16.1. The number of carbonyl (C=O) groups excluding carboxylic acids is 1. The molecule has 0 amide bonds. The molecule has 16 heavy (non-hydrogen) atoms. The van der Waals surface area contributed by atoms with Crippen LogP contribution in [-0.4, -0.2) is 5.78 Å². The standard InChI is InChI=1S/C15H26O/c1-12(2)11-15(9-3-4-10-15)14(16)8-7-13-5-6-13/h12-13H,3-11H2,1-2H3. The van der Waals surface area contributed by atoms with Gasteiger partial charge >= 0.3 is 0 Å². The van der Waals surface area contributed by atoms with Crippen LogP contribution in [0.3, 0.4) is 0 Å². The lowest BCUT2D eigenvalue weighted by molar-refractivity contribution is -0.129. The van der Waals surface area contributed by atoms with Crippen molar-refractivity contribution in [2.45, 2.75) is 71.6 Å². The van der Waals surface area contributed by atoms with Crippen molar-refractivity contribution >= 4 is 5.78 Å². The van der Waals surface area contributed by atoms with E-state index in [1.54, 1.807) is 0 Å². The van der Waals surface area contributed by atoms with Gasteiger partial charge in [-0.3, -0.25) is 4.79 Å². The van der Waals surface area contributed by atoms with Crippen molar-refractivity contribution in [1.29, 1.82) is 0 Å². The summed E-state index contributed by atoms with van der Waals surface area (Å²) in [5, 5.41) is 0. The number of rotatable bonds is 6. The van der Waals surface area contributed by atoms with Crippen LogP contribution in [0.2, 0.25) is 0 Å². The van der Waals surface area contributed by atoms with E-state index in [-0.39, 0.29) is 5.41 Å². The van der Waals surface area contributed by atoms with E-state index in [1.807, 2.05) is 0 Å². The first kappa shape index (κ1) is 12.1. The third-order valence-electron chi connectivity index (χ3n) is 4.43. The molecule has 2 aliphatic carbocycles. The summed E-state index contributed by atoms with van der Waals surface area (Å²) < 4.78 is 0. The molecule has 0 saturated heterocycles. The largest absolute Gasteiger partial charge is 0.299 e. The van der Waals surface area contributed by atoms with E-state index in [0.717, 1.165) is 18.8 Å². The van der Waals surface area contributed by atoms with E-state index in [1.165, 1.54) is 44.9 Å². The van der Waals surface area contributed by atoms with Crippen LogP contribution in [0, 0.1) is 17.3 Å². The van der Waals surface area contributed by atoms with E-state index in [4.69, 9.17) is 0 Å². The maximum Gasteiger partial charge on any atom is 0.139 e. The zero-order valence-corrected chi connectivity index (χ0v) is 10.9. The normalized spacial score (nSPS) is 23.9. The number of hydrogen-bond acceptors (Lipinski definition) is 1. The van der Waals surface area contributed by atoms with Crippen LogP contribution in [-0.2, 0) is 4.79 Å². The summed E-state index contributed by atoms with van der Waals surface area (Å²) in [6.07, 6.45) is 10.9. The van der Waals surface area contributed by atoms with E-state index < -0.39 is 0 Å². The average molecular weight is 222 g/mol. The Bertz CT molecular complexity index is 244. The van der Waals surface area contributed by atoms with Gasteiger partial charge < -0.3 is 0 Å². The highest BCUT2D eigenvalue weighted by molar-refractivity contribution is 5.85. The zero-order valence-electron chi connectivity index (χ0n) is 10.9. The van der Waals surface area contributed by atoms with Crippen LogP contribution in [0.1, 0.15) is 71.6 Å². The Kier molecular flexibility index (Phi) is 3.71. The molecule has 0 bridgehead atoms. The zero-order chi connectivity index (χ0) is 11.6. The van der Waals surface area contributed by atoms with E-state index in [0.29, 0.717) is 11.7 Å². The van der Waals surface area contributed by atoms with Crippen LogP contribution in [0.4, 0.5) is 0 Å². The highest BCUT2D eigenvalue weighted by Gasteiger charge is 2.40. The van der Waals surface area contributed by atoms with Gasteiger partial charge in [0.1, 0.15) is 5.78 Å². The summed E-state index contributed by atoms with van der Waals surface area (Å²) in [4.78, 5) is 12.4. The van der Waals surface area contributed by atoms with Gasteiger partial charge in [0.05, 0.1) is 0 Å². The lowest BCUT2D eigenvalue weighted by Gasteiger charge is -2.29. The van der Waals surface area contributed by atoms with Gasteiger partial charge in [-0.15, -0.1) is 0 Å². The number of hydrogen-bond donors (Lipinski definition) is 0. The molecule has 2 fully saturated rings. The monoisotopic (exact) mass is 222 g/mol. The summed E-state index contributed by atoms with van der Waals surface area (Å²) in [7, 11) is 0. The summed E-state index contributed by atoms with van der Waals surface area (Å²) in [5.41, 5.74) is 0.100. The van der Waals surface area contributed by atoms with Crippen LogP contribution >= 0.6 is 0 Å². The average Bonchev–Trinajstić information content (AvgIpc) is 2.94. The molecule has 0 spiro atoms. The summed E-state index contributed by atoms with van der Waals surface area (Å²) >= 11 is 0. The second-order valence-electron chi connectivity index (χ2n) is 6.49. The minimum atomic E-state index is 0.100. The van der Waals surface area contributed by atoms with Crippen LogP contribution in [0.15, 0.2) is 0 Å². The fourth-order valence-corrected chi connectivity index (χ4v) is 3.44. The lowest BCUT2D eigenvalue weighted by atomic mass is 9.73. The van der Waals surface area contributed by atoms with Crippen molar-refractivity contribution in [3.63, 3.8) is 0 Å². The fourth-order valence-electron chi connectivity index (χ4n) is 3.44. The molecule has 0 aromatic rings. The van der Waals surface area contributed by atoms with Crippen LogP contribution in [0.25, 0.3) is 0 Å². The molecule has 2 saturated carbocycles. The third kappa shape index (κ3) is 2.87. The van der Waals surface area contributed by atoms with Gasteiger partial charge in [0.25, 0.3) is 0 Å². The second kappa shape index (κ2) is 4.89. The predicted molar refractivity (Wildman–Crippen MR) is 67.3 cm³/mol. The summed E-state index contributed by atoms with van der Waals surface area (Å²) in [5.74, 6) is 2.18. The van der Waals surface area contributed by atoms with Gasteiger partial charge in [-0.05, 0) is 37.5 Å². The Morgan fingerprint density at radius 2 is 1.88 bits per heavy atom. The van der Waals surface area contributed by atoms with E-state index >= 15 is 0 Å². The minimum Gasteiger partial charge on any atom is -0.299 e. The molecular formula is C15H26O. The SMILES string of the molecule is CC(C)CC1(C(=O)CCC2CC2)CCCC1. The molecule has 0 aromatic heterocycles. The molecule has 1 heteroatoms. The molecule has 0 atom stereocenters. The third-order valence-corrected chi connectivity index (χ3v) is 4.43. The van der Waals surface area contributed by atoms with Crippen molar-refractivity contribution < 1.29 is 4.79 Å². The smallest absolute Gasteiger partial charge is 0.139 e. The fraction of sp³-hybridized carbons (Fsp3) is 0.933. The maximum atomic E-state index is 12.4. The number of Topliss-reactive ketones (excluding diaryl/α,β-unsaturated/α-hetero) is 1. The van der Waals surface area contributed by atoms with Crippen molar-refractivity contribution in [2.24, 2.45) is 17.3 Å². The highest BCUT2D eigenvalue weighted by Crippen LogP contribution is 2.45. The maximum absolute atomic E-state index is 12.4. The molecule has 0 unspecified atom stereocenters. The van der Waals surface area contributed by atoms with Crippen molar-refractivity contribution in [1.82, 2.24) is 0 Å². The number of ketones is 1. The Hall–Kier alpha value is -0.330. The molecule has 0 aliphatic heterocycles. The van der Waals surface area contributed by atoms with Crippen molar-refractivity contribution in [3.8, 4) is 0 Å². The first-order chi connectivity index (χ1) is 7.62. The first-order valence-electron chi connectivity index (χ1n) is 7.16. The Morgan fingerprint density at radius 3 is 2.38 bits per heavy atom. The molecule has 2 aliphatic rings. The van der Waals surface area contributed by atoms with Crippen molar-refractivity contribution in [2.75, 3.05) is 0 Å². The summed E-state index contributed by atoms with van der Waals surface area (Å²) in [6, 6.07) is 0. The van der Waals surface area contributed by atoms with Gasteiger partial charge in [-0.1, -0.05) is 39.5 Å². The molecule has 0 aromatic carbocycles. The van der Waals surface area contributed by atoms with Crippen molar-refractivity contribution in [3.05, 3.63) is 0 Å². The Balaban J connectivity index is 1.90. The predicted octanol–water partition coefficient (Wildman–Crippen LogP) is 4.35. The topological polar surface area (TPSA) is 17.1 Å². The van der Waals surface area contributed by atoms with Crippen LogP contribution in [0.5, 0.6) is 0 Å². The van der Waals surface area contributed by atoms with E-state index in [9.17, 15) is 4.79 Å². The Labute approximate surface area is 100.0 Å². The van der Waals surface area contributed by atoms with Crippen LogP contribution < -0.4 is 0 Å². The molecule has 0 heterocycles. The molecule has 92 valence electrons. The van der Waals surface area contributed by atoms with E-state index in [2.05, 4.69) is 13.8 Å². The number of carbonyl (C=O) groups is 1. The van der Waals surface area contributed by atoms with Gasteiger partial charge in [-0.2, -0.15) is 0 Å². The second-order valence-corrected chi connectivity index (χ2v) is 6.49. The molecule has 2 rings (SSSR count). The lowest BCUT2D eigenvalue weighted by Crippen LogP contribution is -2.29. The van der Waals surface area contributed by atoms with Gasteiger partial charge in [0, 0.05) is 11.8 Å². The molecular weight excluding hydrogens is 196 g/mol. The van der Waals surface area contributed by atoms with Gasteiger partial charge in [0.2, 0.25) is 0 Å². The summed E-state index contributed by atoms with van der Waals surface area (Å²) in [6.45, 7) is 4.52. The van der Waals surface area contributed by atoms with Gasteiger partial charge in [-0.25, -0.2) is 0 Å². The first-order valence-corrected chi connectivity index (χ1v) is 7.16. The van der Waals surface area contributed by atoms with Gasteiger partial charge in [0.15, 0.2) is 0 Å². The minimum absolute atomic E-state index is 0.100. The quantitative estimate of drug-likeness (QED) is 0.653.